The molecule has 0 radical (unpaired) electrons. The van der Waals surface area contributed by atoms with Crippen LogP contribution in [0.5, 0.6) is 0 Å². The first-order valence-electron chi connectivity index (χ1n) is 17.6. The molecule has 0 heterocycles. The minimum atomic E-state index is -3.95. The molecule has 268 valence electrons. The van der Waals surface area contributed by atoms with Gasteiger partial charge in [0.25, 0.3) is 0 Å². The average Bonchev–Trinajstić information content (AvgIpc) is 3.04. The minimum Gasteiger partial charge on any atom is -0.438 e. The number of rotatable bonds is 33. The predicted molar refractivity (Wildman–Crippen MR) is 181 cm³/mol. The third-order valence-corrected chi connectivity index (χ3v) is 8.70. The number of ether oxygens (including phenoxy) is 1. The standard InChI is InChI=1S/C33H63N4O8P/c1-5-8-10-12-16-22-35-24-20-32(39)37(26-18-14-11-9-6-2)27-21-31(38)36-23-17-13-15-19-28-43-46(41,44-29-25-34-4)45-30-42-33(40)7-3/h35H,5-30H2,1-3H3,(H,36,38). The van der Waals surface area contributed by atoms with E-state index in [0.717, 1.165) is 45.1 Å². The van der Waals surface area contributed by atoms with Crippen molar-refractivity contribution in [3.63, 3.8) is 0 Å². The van der Waals surface area contributed by atoms with E-state index in [1.165, 1.54) is 44.9 Å². The molecule has 2 amide bonds. The first-order valence-corrected chi connectivity index (χ1v) is 19.1. The monoisotopic (exact) mass is 674 g/mol. The van der Waals surface area contributed by atoms with E-state index >= 15 is 0 Å². The first-order chi connectivity index (χ1) is 22.3. The van der Waals surface area contributed by atoms with Gasteiger partial charge in [-0.2, -0.15) is 0 Å². The molecule has 0 fully saturated rings. The van der Waals surface area contributed by atoms with Gasteiger partial charge in [-0.05, 0) is 32.2 Å². The van der Waals surface area contributed by atoms with E-state index in [0.29, 0.717) is 39.0 Å². The van der Waals surface area contributed by atoms with Gasteiger partial charge in [-0.3, -0.25) is 23.4 Å². The van der Waals surface area contributed by atoms with Crippen molar-refractivity contribution in [1.29, 1.82) is 0 Å². The van der Waals surface area contributed by atoms with Gasteiger partial charge in [0.2, 0.25) is 25.2 Å². The normalized spacial score (nSPS) is 12.3. The third kappa shape index (κ3) is 27.1. The lowest BCUT2D eigenvalue weighted by Crippen LogP contribution is -2.37. The fourth-order valence-corrected chi connectivity index (χ4v) is 5.54. The number of unbranched alkanes of at least 4 members (excludes halogenated alkanes) is 11. The van der Waals surface area contributed by atoms with Crippen molar-refractivity contribution < 1.29 is 37.3 Å². The van der Waals surface area contributed by atoms with E-state index in [1.807, 2.05) is 4.90 Å². The lowest BCUT2D eigenvalue weighted by molar-refractivity contribution is -0.150. The molecule has 13 heteroatoms. The number of amides is 2. The molecule has 0 aromatic heterocycles. The molecule has 2 N–H and O–H groups in total. The summed E-state index contributed by atoms with van der Waals surface area (Å²) in [6.45, 7) is 15.6. The van der Waals surface area contributed by atoms with Crippen LogP contribution in [-0.4, -0.2) is 82.0 Å². The van der Waals surface area contributed by atoms with Crippen molar-refractivity contribution in [3.8, 4) is 0 Å². The molecular weight excluding hydrogens is 611 g/mol. The summed E-state index contributed by atoms with van der Waals surface area (Å²) < 4.78 is 33.0. The Bertz CT molecular complexity index is 871. The van der Waals surface area contributed by atoms with Crippen molar-refractivity contribution in [2.45, 2.75) is 130 Å². The quantitative estimate of drug-likeness (QED) is 0.0253. The van der Waals surface area contributed by atoms with Crippen LogP contribution < -0.4 is 10.6 Å². The van der Waals surface area contributed by atoms with Crippen LogP contribution in [0.2, 0.25) is 0 Å². The summed E-state index contributed by atoms with van der Waals surface area (Å²) >= 11 is 0. The lowest BCUT2D eigenvalue weighted by Gasteiger charge is -2.23. The fourth-order valence-electron chi connectivity index (χ4n) is 4.48. The number of hydrogen-bond donors (Lipinski definition) is 2. The molecule has 0 saturated heterocycles. The van der Waals surface area contributed by atoms with Crippen molar-refractivity contribution in [2.75, 3.05) is 59.3 Å². The van der Waals surface area contributed by atoms with Crippen molar-refractivity contribution >= 4 is 25.6 Å². The summed E-state index contributed by atoms with van der Waals surface area (Å²) in [5.41, 5.74) is 0. The maximum Gasteiger partial charge on any atom is 0.477 e. The van der Waals surface area contributed by atoms with E-state index < -0.39 is 20.6 Å². The lowest BCUT2D eigenvalue weighted by atomic mass is 10.1. The Labute approximate surface area is 278 Å². The van der Waals surface area contributed by atoms with Gasteiger partial charge in [-0.1, -0.05) is 85.0 Å². The minimum absolute atomic E-state index is 0.00134. The SMILES string of the molecule is [C-]#[N+]CCOP(=O)(OCCCCCCNC(=O)CCN(CCCCCCC)C(=O)CCNCCCCCCC)OCOC(=O)CC. The van der Waals surface area contributed by atoms with Gasteiger partial charge in [0.15, 0.2) is 0 Å². The zero-order valence-electron chi connectivity index (χ0n) is 29.0. The Balaban J connectivity index is 4.32. The highest BCUT2D eigenvalue weighted by Gasteiger charge is 2.27. The van der Waals surface area contributed by atoms with Crippen LogP contribution in [0, 0.1) is 6.57 Å². The third-order valence-electron chi connectivity index (χ3n) is 7.28. The van der Waals surface area contributed by atoms with Gasteiger partial charge in [-0.15, -0.1) is 0 Å². The molecule has 0 bridgehead atoms. The van der Waals surface area contributed by atoms with E-state index in [1.54, 1.807) is 6.92 Å². The van der Waals surface area contributed by atoms with Crippen molar-refractivity contribution in [3.05, 3.63) is 11.4 Å². The van der Waals surface area contributed by atoms with Gasteiger partial charge in [0.1, 0.15) is 6.61 Å². The molecule has 46 heavy (non-hydrogen) atoms. The highest BCUT2D eigenvalue weighted by atomic mass is 31.2. The van der Waals surface area contributed by atoms with Crippen molar-refractivity contribution in [2.24, 2.45) is 0 Å². The van der Waals surface area contributed by atoms with Gasteiger partial charge >= 0.3 is 13.8 Å². The maximum atomic E-state index is 12.9. The molecule has 0 saturated carbocycles. The van der Waals surface area contributed by atoms with E-state index in [4.69, 9.17) is 24.9 Å². The summed E-state index contributed by atoms with van der Waals surface area (Å²) in [7, 11) is -3.95. The number of phosphoric acid groups is 1. The smallest absolute Gasteiger partial charge is 0.438 e. The topological polar surface area (TPSA) is 137 Å². The Kier molecular flexibility index (Phi) is 30.2. The van der Waals surface area contributed by atoms with Gasteiger partial charge in [0, 0.05) is 45.4 Å². The molecule has 0 aromatic carbocycles. The molecule has 0 aliphatic carbocycles. The predicted octanol–water partition coefficient (Wildman–Crippen LogP) is 6.79. The number of carbonyl (C=O) groups is 3. The van der Waals surface area contributed by atoms with Crippen LogP contribution in [0.3, 0.4) is 0 Å². The number of phosphoric ester groups is 1. The Morgan fingerprint density at radius 3 is 2.02 bits per heavy atom. The van der Waals surface area contributed by atoms with Gasteiger partial charge in [0.05, 0.1) is 6.61 Å². The number of hydrogen-bond acceptors (Lipinski definition) is 9. The van der Waals surface area contributed by atoms with Crippen LogP contribution in [0.4, 0.5) is 0 Å². The van der Waals surface area contributed by atoms with E-state index in [2.05, 4.69) is 29.3 Å². The largest absolute Gasteiger partial charge is 0.477 e. The summed E-state index contributed by atoms with van der Waals surface area (Å²) in [5.74, 6) is -0.455. The van der Waals surface area contributed by atoms with Crippen LogP contribution in [-0.2, 0) is 37.3 Å². The molecule has 12 nitrogen and oxygen atoms in total. The second-order valence-electron chi connectivity index (χ2n) is 11.3. The van der Waals surface area contributed by atoms with Crippen LogP contribution in [0.1, 0.15) is 130 Å². The summed E-state index contributed by atoms with van der Waals surface area (Å²) in [5, 5.41) is 6.35. The molecule has 0 spiro atoms. The number of nitrogens with zero attached hydrogens (tertiary/aromatic N) is 2. The average molecular weight is 675 g/mol. The molecule has 0 aliphatic heterocycles. The fraction of sp³-hybridized carbons (Fsp3) is 0.879. The highest BCUT2D eigenvalue weighted by Crippen LogP contribution is 2.49. The molecule has 0 rings (SSSR count). The van der Waals surface area contributed by atoms with E-state index in [9.17, 15) is 18.9 Å². The molecule has 1 atom stereocenters. The second-order valence-corrected chi connectivity index (χ2v) is 13.0. The maximum absolute atomic E-state index is 12.9. The van der Waals surface area contributed by atoms with Gasteiger partial charge < -0.3 is 25.1 Å². The molecule has 0 aliphatic rings. The Morgan fingerprint density at radius 2 is 1.35 bits per heavy atom. The summed E-state index contributed by atoms with van der Waals surface area (Å²) in [6.07, 6.45) is 15.6. The van der Waals surface area contributed by atoms with Gasteiger partial charge in [-0.25, -0.2) is 15.7 Å². The zero-order chi connectivity index (χ0) is 34.1. The number of carbonyl (C=O) groups excluding carboxylic acids is 3. The Hall–Kier alpha value is -2.03. The zero-order valence-corrected chi connectivity index (χ0v) is 29.9. The highest BCUT2D eigenvalue weighted by molar-refractivity contribution is 7.48. The van der Waals surface area contributed by atoms with E-state index in [-0.39, 0.29) is 44.4 Å². The number of nitrogens with one attached hydrogen (secondary N) is 2. The molecule has 0 aromatic rings. The van der Waals surface area contributed by atoms with Crippen LogP contribution >= 0.6 is 7.82 Å². The molecule has 1 unspecified atom stereocenters. The summed E-state index contributed by atoms with van der Waals surface area (Å²) in [6, 6.07) is 0. The van der Waals surface area contributed by atoms with Crippen LogP contribution in [0.15, 0.2) is 0 Å². The summed E-state index contributed by atoms with van der Waals surface area (Å²) in [4.78, 5) is 41.7. The second kappa shape index (κ2) is 31.6. The van der Waals surface area contributed by atoms with Crippen molar-refractivity contribution in [1.82, 2.24) is 15.5 Å². The Morgan fingerprint density at radius 1 is 0.717 bits per heavy atom. The first kappa shape index (κ1) is 44.0. The molecular formula is C33H63N4O8P. The number of esters is 1. The van der Waals surface area contributed by atoms with Crippen LogP contribution in [0.25, 0.3) is 4.85 Å².